The molecule has 0 unspecified atom stereocenters. The number of unbranched alkanes of at least 4 members (excludes halogenated alkanes) is 14. The lowest BCUT2D eigenvalue weighted by atomic mass is 10.1. The molecular formula is C35H50O3S3. The topological polar surface area (TPSA) is 35.5 Å². The fourth-order valence-electron chi connectivity index (χ4n) is 4.88. The van der Waals surface area contributed by atoms with E-state index >= 15 is 0 Å². The van der Waals surface area contributed by atoms with E-state index in [1.165, 1.54) is 109 Å². The molecule has 3 nitrogen and oxygen atoms in total. The van der Waals surface area contributed by atoms with Crippen molar-refractivity contribution in [1.29, 1.82) is 0 Å². The Labute approximate surface area is 261 Å². The lowest BCUT2D eigenvalue weighted by molar-refractivity contribution is -0.104. The Hall–Kier alpha value is -1.89. The second-order valence-corrected chi connectivity index (χ2v) is 13.7. The van der Waals surface area contributed by atoms with E-state index in [2.05, 4.69) is 42.8 Å². The molecule has 3 aromatic rings. The number of hydrogen-bond donors (Lipinski definition) is 0. The second kappa shape index (κ2) is 20.9. The summed E-state index contributed by atoms with van der Waals surface area (Å²) in [5.74, 6) is 1.90. The predicted octanol–water partition coefficient (Wildman–Crippen LogP) is 12.5. The summed E-state index contributed by atoms with van der Waals surface area (Å²) in [5.41, 5.74) is 1.07. The zero-order chi connectivity index (χ0) is 29.0. The third kappa shape index (κ3) is 12.9. The summed E-state index contributed by atoms with van der Waals surface area (Å²) in [7, 11) is 0. The lowest BCUT2D eigenvalue weighted by Crippen LogP contribution is -1.96. The van der Waals surface area contributed by atoms with Crippen LogP contribution in [0.15, 0.2) is 35.0 Å². The van der Waals surface area contributed by atoms with Gasteiger partial charge in [-0.25, -0.2) is 0 Å². The second-order valence-electron chi connectivity index (χ2n) is 10.8. The van der Waals surface area contributed by atoms with Gasteiger partial charge in [0.1, 0.15) is 17.8 Å². The number of aldehydes is 1. The number of thiophene rings is 3. The molecule has 0 aliphatic heterocycles. The van der Waals surface area contributed by atoms with Crippen LogP contribution in [0.25, 0.3) is 25.6 Å². The normalized spacial score (nSPS) is 11.5. The van der Waals surface area contributed by atoms with Crippen LogP contribution in [0.1, 0.15) is 122 Å². The number of allylic oxidation sites excluding steroid dienone is 1. The van der Waals surface area contributed by atoms with Gasteiger partial charge in [-0.15, -0.1) is 34.0 Å². The summed E-state index contributed by atoms with van der Waals surface area (Å²) in [4.78, 5) is 15.8. The number of rotatable bonds is 24. The van der Waals surface area contributed by atoms with Gasteiger partial charge in [-0.1, -0.05) is 110 Å². The summed E-state index contributed by atoms with van der Waals surface area (Å²) >= 11 is 5.20. The van der Waals surface area contributed by atoms with E-state index in [1.807, 2.05) is 6.08 Å². The Balaban J connectivity index is 1.48. The molecule has 3 rings (SSSR count). The number of ether oxygens (including phenoxy) is 2. The van der Waals surface area contributed by atoms with Gasteiger partial charge in [-0.3, -0.25) is 4.79 Å². The van der Waals surface area contributed by atoms with Crippen molar-refractivity contribution in [1.82, 2.24) is 0 Å². The number of carbonyl (C=O) groups excluding carboxylic acids is 1. The summed E-state index contributed by atoms with van der Waals surface area (Å²) in [6.45, 7) is 6.09. The van der Waals surface area contributed by atoms with Crippen molar-refractivity contribution in [3.63, 3.8) is 0 Å². The van der Waals surface area contributed by atoms with Crippen LogP contribution < -0.4 is 9.47 Å². The van der Waals surface area contributed by atoms with E-state index in [-0.39, 0.29) is 0 Å². The molecule has 0 aliphatic carbocycles. The maximum atomic E-state index is 11.1. The smallest absolute Gasteiger partial charge is 0.142 e. The standard InChI is InChI=1S/C35H50O3S3/c1-3-5-7-9-11-13-15-17-22-37-30-25-32(39-27-30)33-24-29(20-19-21-36)35(41-33)34-26-31(28-40-34)38-23-18-16-14-12-10-8-6-4-2/h19-21,24-28H,3-18,22-23H2,1-2H3/b20-19+. The molecule has 0 aromatic carbocycles. The Bertz CT molecular complexity index is 1120. The highest BCUT2D eigenvalue weighted by molar-refractivity contribution is 7.26. The molecule has 6 heteroatoms. The van der Waals surface area contributed by atoms with Crippen LogP contribution in [0.2, 0.25) is 0 Å². The molecule has 0 spiro atoms. The molecule has 3 aromatic heterocycles. The van der Waals surface area contributed by atoms with Crippen LogP contribution in [-0.4, -0.2) is 19.5 Å². The highest BCUT2D eigenvalue weighted by atomic mass is 32.1. The van der Waals surface area contributed by atoms with Crippen molar-refractivity contribution >= 4 is 46.4 Å². The SMILES string of the molecule is CCCCCCCCCCOc1csc(-c2cc(/C=C/C=O)c(-c3cc(OCCCCCCCCCC)cs3)s2)c1. The van der Waals surface area contributed by atoms with Gasteiger partial charge in [0, 0.05) is 25.4 Å². The number of hydrogen-bond acceptors (Lipinski definition) is 6. The zero-order valence-corrected chi connectivity index (χ0v) is 27.7. The predicted molar refractivity (Wildman–Crippen MR) is 182 cm³/mol. The molecule has 0 saturated heterocycles. The van der Waals surface area contributed by atoms with E-state index in [0.717, 1.165) is 49.4 Å². The van der Waals surface area contributed by atoms with Crippen LogP contribution in [0, 0.1) is 0 Å². The zero-order valence-electron chi connectivity index (χ0n) is 25.3. The van der Waals surface area contributed by atoms with Gasteiger partial charge >= 0.3 is 0 Å². The highest BCUT2D eigenvalue weighted by Crippen LogP contribution is 2.44. The van der Waals surface area contributed by atoms with Crippen molar-refractivity contribution in [2.24, 2.45) is 0 Å². The molecule has 0 N–H and O–H groups in total. The molecule has 0 saturated carbocycles. The van der Waals surface area contributed by atoms with E-state index in [4.69, 9.17) is 9.47 Å². The van der Waals surface area contributed by atoms with Crippen molar-refractivity contribution in [3.05, 3.63) is 40.6 Å². The first-order valence-corrected chi connectivity index (χ1v) is 18.5. The largest absolute Gasteiger partial charge is 0.493 e. The fraction of sp³-hybridized carbons (Fsp3) is 0.571. The van der Waals surface area contributed by atoms with Gasteiger partial charge in [-0.05, 0) is 42.7 Å². The van der Waals surface area contributed by atoms with Gasteiger partial charge in [0.05, 0.1) is 18.1 Å². The summed E-state index contributed by atoms with van der Waals surface area (Å²) < 4.78 is 12.1. The molecule has 41 heavy (non-hydrogen) atoms. The maximum absolute atomic E-state index is 11.1. The first-order chi connectivity index (χ1) is 20.2. The number of carbonyl (C=O) groups is 1. The maximum Gasteiger partial charge on any atom is 0.142 e. The van der Waals surface area contributed by atoms with Crippen molar-refractivity contribution in [2.45, 2.75) is 117 Å². The van der Waals surface area contributed by atoms with Crippen LogP contribution in [0.3, 0.4) is 0 Å². The van der Waals surface area contributed by atoms with E-state index < -0.39 is 0 Å². The third-order valence-electron chi connectivity index (χ3n) is 7.27. The van der Waals surface area contributed by atoms with Crippen LogP contribution >= 0.6 is 34.0 Å². The van der Waals surface area contributed by atoms with E-state index in [0.29, 0.717) is 0 Å². The average Bonchev–Trinajstić information content (AvgIpc) is 3.74. The molecular weight excluding hydrogens is 565 g/mol. The minimum atomic E-state index is 0.773. The first kappa shape index (κ1) is 33.6. The molecule has 0 amide bonds. The first-order valence-electron chi connectivity index (χ1n) is 15.9. The minimum absolute atomic E-state index is 0.773. The molecule has 0 aliphatic rings. The van der Waals surface area contributed by atoms with Gasteiger partial charge in [0.25, 0.3) is 0 Å². The van der Waals surface area contributed by atoms with Crippen LogP contribution in [0.5, 0.6) is 11.5 Å². The van der Waals surface area contributed by atoms with Gasteiger partial charge in [0.15, 0.2) is 0 Å². The van der Waals surface area contributed by atoms with Crippen LogP contribution in [0.4, 0.5) is 0 Å². The molecule has 0 fully saturated rings. The molecule has 0 atom stereocenters. The Morgan fingerprint density at radius 1 is 0.610 bits per heavy atom. The van der Waals surface area contributed by atoms with Gasteiger partial charge in [-0.2, -0.15) is 0 Å². The Morgan fingerprint density at radius 3 is 1.63 bits per heavy atom. The van der Waals surface area contributed by atoms with Gasteiger partial charge in [0.2, 0.25) is 0 Å². The molecule has 0 bridgehead atoms. The molecule has 226 valence electrons. The van der Waals surface area contributed by atoms with Crippen LogP contribution in [-0.2, 0) is 4.79 Å². The fourth-order valence-corrected chi connectivity index (χ4v) is 7.91. The van der Waals surface area contributed by atoms with Crippen molar-refractivity contribution in [3.8, 4) is 31.0 Å². The highest BCUT2D eigenvalue weighted by Gasteiger charge is 2.15. The lowest BCUT2D eigenvalue weighted by Gasteiger charge is -2.04. The molecule has 0 radical (unpaired) electrons. The average molecular weight is 615 g/mol. The molecule has 3 heterocycles. The Kier molecular flexibility index (Phi) is 17.1. The summed E-state index contributed by atoms with van der Waals surface area (Å²) in [5, 5.41) is 4.22. The minimum Gasteiger partial charge on any atom is -0.493 e. The monoisotopic (exact) mass is 614 g/mol. The summed E-state index contributed by atoms with van der Waals surface area (Å²) in [6.07, 6.45) is 25.2. The van der Waals surface area contributed by atoms with E-state index in [1.54, 1.807) is 40.1 Å². The van der Waals surface area contributed by atoms with Crippen molar-refractivity contribution in [2.75, 3.05) is 13.2 Å². The Morgan fingerprint density at radius 2 is 1.10 bits per heavy atom. The third-order valence-corrected chi connectivity index (χ3v) is 10.6. The van der Waals surface area contributed by atoms with E-state index in [9.17, 15) is 4.79 Å². The quantitative estimate of drug-likeness (QED) is 0.0572. The van der Waals surface area contributed by atoms with Crippen molar-refractivity contribution < 1.29 is 14.3 Å². The summed E-state index contributed by atoms with van der Waals surface area (Å²) in [6, 6.07) is 6.50. The van der Waals surface area contributed by atoms with Gasteiger partial charge < -0.3 is 9.47 Å².